The number of sulfonamides is 1. The number of amides is 1. The summed E-state index contributed by atoms with van der Waals surface area (Å²) in [4.78, 5) is 16.0. The molecule has 0 aliphatic carbocycles. The van der Waals surface area contributed by atoms with Crippen LogP contribution in [0.4, 0.5) is 11.4 Å². The minimum atomic E-state index is -3.59. The summed E-state index contributed by atoms with van der Waals surface area (Å²) in [5, 5.41) is 2.61. The Morgan fingerprint density at radius 3 is 2.68 bits per heavy atom. The van der Waals surface area contributed by atoms with Crippen molar-refractivity contribution in [2.75, 3.05) is 22.4 Å². The Morgan fingerprint density at radius 1 is 1.32 bits per heavy atom. The first kappa shape index (κ1) is 16.4. The topological polar surface area (TPSA) is 79.4 Å². The molecule has 1 N–H and O–H groups in total. The lowest BCUT2D eigenvalue weighted by atomic mass is 10.3. The molecule has 0 saturated heterocycles. The van der Waals surface area contributed by atoms with E-state index in [1.807, 2.05) is 0 Å². The molecule has 2 aromatic rings. The number of hydrogen-bond donors (Lipinski definition) is 1. The van der Waals surface area contributed by atoms with Crippen LogP contribution in [0.5, 0.6) is 0 Å². The summed E-state index contributed by atoms with van der Waals surface area (Å²) < 4.78 is 25.7. The minimum Gasteiger partial charge on any atom is -0.323 e. The van der Waals surface area contributed by atoms with Gasteiger partial charge in [-0.05, 0) is 30.3 Å². The standard InChI is InChI=1S/C14H14BrN3O3S/c1-22(20,21)18(13-6-2-4-11(15)8-13)10-14(19)17-12-5-3-7-16-9-12/h2-9H,10H2,1H3,(H,17,19). The van der Waals surface area contributed by atoms with E-state index < -0.39 is 15.9 Å². The van der Waals surface area contributed by atoms with Crippen molar-refractivity contribution in [2.24, 2.45) is 0 Å². The number of nitrogens with one attached hydrogen (secondary N) is 1. The summed E-state index contributed by atoms with van der Waals surface area (Å²) in [7, 11) is -3.59. The van der Waals surface area contributed by atoms with E-state index in [1.54, 1.807) is 42.6 Å². The van der Waals surface area contributed by atoms with Crippen molar-refractivity contribution in [3.8, 4) is 0 Å². The Kier molecular flexibility index (Phi) is 5.15. The zero-order valence-corrected chi connectivity index (χ0v) is 14.1. The van der Waals surface area contributed by atoms with E-state index in [2.05, 4.69) is 26.2 Å². The molecule has 0 aliphatic heterocycles. The highest BCUT2D eigenvalue weighted by molar-refractivity contribution is 9.10. The van der Waals surface area contributed by atoms with Crippen molar-refractivity contribution in [1.29, 1.82) is 0 Å². The number of pyridine rings is 1. The van der Waals surface area contributed by atoms with Gasteiger partial charge in [-0.3, -0.25) is 14.1 Å². The average molecular weight is 384 g/mol. The van der Waals surface area contributed by atoms with Gasteiger partial charge in [0.2, 0.25) is 15.9 Å². The lowest BCUT2D eigenvalue weighted by molar-refractivity contribution is -0.114. The number of aromatic nitrogens is 1. The smallest absolute Gasteiger partial charge is 0.245 e. The molecule has 2 rings (SSSR count). The van der Waals surface area contributed by atoms with Crippen molar-refractivity contribution in [3.05, 3.63) is 53.3 Å². The van der Waals surface area contributed by atoms with E-state index in [9.17, 15) is 13.2 Å². The Hall–Kier alpha value is -1.93. The van der Waals surface area contributed by atoms with E-state index in [1.165, 1.54) is 6.20 Å². The third-order valence-electron chi connectivity index (χ3n) is 2.73. The lowest BCUT2D eigenvalue weighted by Gasteiger charge is -2.22. The first-order valence-corrected chi connectivity index (χ1v) is 8.93. The molecule has 0 saturated carbocycles. The number of rotatable bonds is 5. The molecule has 0 aliphatic rings. The molecule has 0 unspecified atom stereocenters. The lowest BCUT2D eigenvalue weighted by Crippen LogP contribution is -2.37. The normalized spacial score (nSPS) is 11.0. The fraction of sp³-hybridized carbons (Fsp3) is 0.143. The molecular formula is C14H14BrN3O3S. The Balaban J connectivity index is 2.19. The molecule has 22 heavy (non-hydrogen) atoms. The predicted octanol–water partition coefficient (Wildman–Crippen LogP) is 2.25. The summed E-state index contributed by atoms with van der Waals surface area (Å²) in [5.74, 6) is -0.446. The second-order valence-electron chi connectivity index (χ2n) is 4.54. The number of benzene rings is 1. The predicted molar refractivity (Wildman–Crippen MR) is 89.2 cm³/mol. The Bertz CT molecular complexity index is 766. The zero-order valence-electron chi connectivity index (χ0n) is 11.7. The Morgan fingerprint density at radius 2 is 2.09 bits per heavy atom. The van der Waals surface area contributed by atoms with E-state index in [0.29, 0.717) is 11.4 Å². The second-order valence-corrected chi connectivity index (χ2v) is 7.36. The van der Waals surface area contributed by atoms with Gasteiger partial charge in [-0.1, -0.05) is 22.0 Å². The molecule has 0 spiro atoms. The zero-order chi connectivity index (χ0) is 16.2. The van der Waals surface area contributed by atoms with Gasteiger partial charge in [-0.2, -0.15) is 0 Å². The molecule has 0 radical (unpaired) electrons. The van der Waals surface area contributed by atoms with E-state index >= 15 is 0 Å². The average Bonchev–Trinajstić information content (AvgIpc) is 2.44. The van der Waals surface area contributed by atoms with Gasteiger partial charge >= 0.3 is 0 Å². The SMILES string of the molecule is CS(=O)(=O)N(CC(=O)Nc1cccnc1)c1cccc(Br)c1. The van der Waals surface area contributed by atoms with Crippen LogP contribution in [0, 0.1) is 0 Å². The molecule has 1 aromatic carbocycles. The molecule has 0 bridgehead atoms. The molecule has 0 atom stereocenters. The van der Waals surface area contributed by atoms with Crippen molar-refractivity contribution in [2.45, 2.75) is 0 Å². The number of anilines is 2. The number of nitrogens with zero attached hydrogens (tertiary/aromatic N) is 2. The minimum absolute atomic E-state index is 0.315. The maximum absolute atomic E-state index is 12.1. The van der Waals surface area contributed by atoms with Gasteiger partial charge in [0.05, 0.1) is 23.8 Å². The summed E-state index contributed by atoms with van der Waals surface area (Å²) >= 11 is 3.29. The van der Waals surface area contributed by atoms with Crippen LogP contribution < -0.4 is 9.62 Å². The van der Waals surface area contributed by atoms with Crippen molar-refractivity contribution in [1.82, 2.24) is 4.98 Å². The van der Waals surface area contributed by atoms with Gasteiger partial charge in [0.25, 0.3) is 0 Å². The van der Waals surface area contributed by atoms with Crippen molar-refractivity contribution in [3.63, 3.8) is 0 Å². The van der Waals surface area contributed by atoms with Crippen LogP contribution in [0.1, 0.15) is 0 Å². The van der Waals surface area contributed by atoms with Gasteiger partial charge in [0, 0.05) is 10.7 Å². The van der Waals surface area contributed by atoms with Crippen molar-refractivity contribution < 1.29 is 13.2 Å². The summed E-state index contributed by atoms with van der Waals surface area (Å²) in [6.07, 6.45) is 4.13. The largest absolute Gasteiger partial charge is 0.323 e. The number of carbonyl (C=O) groups excluding carboxylic acids is 1. The Labute approximate surface area is 137 Å². The van der Waals surface area contributed by atoms with Gasteiger partial charge in [0.15, 0.2) is 0 Å². The van der Waals surface area contributed by atoms with Gasteiger partial charge in [-0.25, -0.2) is 8.42 Å². The quantitative estimate of drug-likeness (QED) is 0.858. The molecule has 1 amide bonds. The van der Waals surface area contributed by atoms with Crippen molar-refractivity contribution >= 4 is 43.2 Å². The fourth-order valence-corrected chi connectivity index (χ4v) is 3.03. The first-order valence-electron chi connectivity index (χ1n) is 6.29. The molecule has 1 heterocycles. The summed E-state index contributed by atoms with van der Waals surface area (Å²) in [6, 6.07) is 10.1. The van der Waals surface area contributed by atoms with Crippen LogP contribution in [0.25, 0.3) is 0 Å². The summed E-state index contributed by atoms with van der Waals surface area (Å²) in [5.41, 5.74) is 0.924. The fourth-order valence-electron chi connectivity index (χ4n) is 1.80. The van der Waals surface area contributed by atoms with E-state index in [0.717, 1.165) is 15.0 Å². The highest BCUT2D eigenvalue weighted by Crippen LogP contribution is 2.22. The van der Waals surface area contributed by atoms with Gasteiger partial charge in [0.1, 0.15) is 6.54 Å². The molecule has 116 valence electrons. The number of carbonyl (C=O) groups is 1. The molecule has 1 aromatic heterocycles. The number of hydrogen-bond acceptors (Lipinski definition) is 4. The van der Waals surface area contributed by atoms with E-state index in [-0.39, 0.29) is 6.54 Å². The third kappa shape index (κ3) is 4.54. The van der Waals surface area contributed by atoms with E-state index in [4.69, 9.17) is 0 Å². The monoisotopic (exact) mass is 383 g/mol. The molecule has 8 heteroatoms. The first-order chi connectivity index (χ1) is 10.4. The van der Waals surface area contributed by atoms with Crippen LogP contribution in [-0.4, -0.2) is 32.1 Å². The molecular weight excluding hydrogens is 370 g/mol. The van der Waals surface area contributed by atoms with Crippen LogP contribution in [-0.2, 0) is 14.8 Å². The van der Waals surface area contributed by atoms with Crippen LogP contribution >= 0.6 is 15.9 Å². The van der Waals surface area contributed by atoms with Crippen LogP contribution in [0.15, 0.2) is 53.3 Å². The van der Waals surface area contributed by atoms with Crippen LogP contribution in [0.2, 0.25) is 0 Å². The molecule has 6 nitrogen and oxygen atoms in total. The number of halogens is 1. The maximum Gasteiger partial charge on any atom is 0.245 e. The van der Waals surface area contributed by atoms with Gasteiger partial charge in [-0.15, -0.1) is 0 Å². The third-order valence-corrected chi connectivity index (χ3v) is 4.36. The highest BCUT2D eigenvalue weighted by atomic mass is 79.9. The summed E-state index contributed by atoms with van der Waals surface area (Å²) in [6.45, 7) is -0.315. The van der Waals surface area contributed by atoms with Gasteiger partial charge < -0.3 is 5.32 Å². The maximum atomic E-state index is 12.1. The second kappa shape index (κ2) is 6.89. The van der Waals surface area contributed by atoms with Crippen LogP contribution in [0.3, 0.4) is 0 Å². The highest BCUT2D eigenvalue weighted by Gasteiger charge is 2.21. The molecule has 0 fully saturated rings.